The summed E-state index contributed by atoms with van der Waals surface area (Å²) >= 11 is 3.43. The predicted molar refractivity (Wildman–Crippen MR) is 85.9 cm³/mol. The first-order valence-corrected chi connectivity index (χ1v) is 7.12. The summed E-state index contributed by atoms with van der Waals surface area (Å²) in [4.78, 5) is 10.6. The second-order valence-corrected chi connectivity index (χ2v) is 5.49. The Hall–Kier alpha value is -2.08. The molecule has 6 heteroatoms. The van der Waals surface area contributed by atoms with E-state index >= 15 is 0 Å². The number of nitro groups is 1. The number of halogens is 1. The van der Waals surface area contributed by atoms with Gasteiger partial charge in [0.05, 0.1) is 12.0 Å². The van der Waals surface area contributed by atoms with Crippen LogP contribution in [0.3, 0.4) is 0 Å². The van der Waals surface area contributed by atoms with E-state index in [2.05, 4.69) is 21.2 Å². The SMILES string of the molecule is COc1ccc(CNc2cc(Br)ccc2C)cc1[N+](=O)[O-]. The highest BCUT2D eigenvalue weighted by Gasteiger charge is 2.15. The zero-order chi connectivity index (χ0) is 15.4. The fourth-order valence-electron chi connectivity index (χ4n) is 1.97. The highest BCUT2D eigenvalue weighted by molar-refractivity contribution is 9.10. The molecule has 1 N–H and O–H groups in total. The number of benzene rings is 2. The summed E-state index contributed by atoms with van der Waals surface area (Å²) < 4.78 is 5.97. The Labute approximate surface area is 131 Å². The Bertz CT molecular complexity index is 674. The zero-order valence-corrected chi connectivity index (χ0v) is 13.3. The lowest BCUT2D eigenvalue weighted by Gasteiger charge is -2.11. The lowest BCUT2D eigenvalue weighted by molar-refractivity contribution is -0.385. The maximum atomic E-state index is 11.0. The lowest BCUT2D eigenvalue weighted by Crippen LogP contribution is -2.02. The van der Waals surface area contributed by atoms with E-state index in [1.165, 1.54) is 13.2 Å². The molecule has 21 heavy (non-hydrogen) atoms. The molecule has 0 saturated heterocycles. The second-order valence-electron chi connectivity index (χ2n) is 4.58. The van der Waals surface area contributed by atoms with Crippen LogP contribution in [0.4, 0.5) is 11.4 Å². The van der Waals surface area contributed by atoms with Gasteiger partial charge < -0.3 is 10.1 Å². The van der Waals surface area contributed by atoms with Crippen LogP contribution in [-0.4, -0.2) is 12.0 Å². The number of methoxy groups -OCH3 is 1. The largest absolute Gasteiger partial charge is 0.490 e. The van der Waals surface area contributed by atoms with Gasteiger partial charge in [0.15, 0.2) is 5.75 Å². The van der Waals surface area contributed by atoms with E-state index in [4.69, 9.17) is 4.74 Å². The van der Waals surface area contributed by atoms with Crippen LogP contribution < -0.4 is 10.1 Å². The van der Waals surface area contributed by atoms with Crippen molar-refractivity contribution >= 4 is 27.3 Å². The van der Waals surface area contributed by atoms with Crippen molar-refractivity contribution < 1.29 is 9.66 Å². The van der Waals surface area contributed by atoms with Gasteiger partial charge in [0, 0.05) is 22.8 Å². The van der Waals surface area contributed by atoms with Crippen molar-refractivity contribution in [2.24, 2.45) is 0 Å². The normalized spacial score (nSPS) is 10.2. The molecule has 2 aromatic carbocycles. The van der Waals surface area contributed by atoms with E-state index in [0.717, 1.165) is 21.3 Å². The van der Waals surface area contributed by atoms with Gasteiger partial charge in [-0.15, -0.1) is 0 Å². The van der Waals surface area contributed by atoms with Crippen LogP contribution >= 0.6 is 15.9 Å². The van der Waals surface area contributed by atoms with E-state index in [9.17, 15) is 10.1 Å². The molecule has 110 valence electrons. The number of rotatable bonds is 5. The summed E-state index contributed by atoms with van der Waals surface area (Å²) in [5.41, 5.74) is 2.90. The highest BCUT2D eigenvalue weighted by atomic mass is 79.9. The van der Waals surface area contributed by atoms with E-state index in [1.54, 1.807) is 6.07 Å². The quantitative estimate of drug-likeness (QED) is 0.645. The minimum atomic E-state index is -0.438. The first kappa shape index (κ1) is 15.3. The average Bonchev–Trinajstić information content (AvgIpc) is 2.47. The number of ether oxygens (including phenoxy) is 1. The third-order valence-electron chi connectivity index (χ3n) is 3.12. The van der Waals surface area contributed by atoms with Gasteiger partial charge in [-0.2, -0.15) is 0 Å². The van der Waals surface area contributed by atoms with Crippen molar-refractivity contribution in [3.05, 3.63) is 62.1 Å². The van der Waals surface area contributed by atoms with Crippen LogP contribution in [-0.2, 0) is 6.54 Å². The van der Waals surface area contributed by atoms with Crippen LogP contribution in [0, 0.1) is 17.0 Å². The van der Waals surface area contributed by atoms with Gasteiger partial charge in [-0.25, -0.2) is 0 Å². The van der Waals surface area contributed by atoms with Crippen molar-refractivity contribution in [2.75, 3.05) is 12.4 Å². The van der Waals surface area contributed by atoms with E-state index in [0.29, 0.717) is 6.54 Å². The van der Waals surface area contributed by atoms with Crippen molar-refractivity contribution in [3.63, 3.8) is 0 Å². The molecule has 0 aromatic heterocycles. The number of nitrogens with zero attached hydrogens (tertiary/aromatic N) is 1. The standard InChI is InChI=1S/C15H15BrN2O3/c1-10-3-5-12(16)8-13(10)17-9-11-4-6-15(21-2)14(7-11)18(19)20/h3-8,17H,9H2,1-2H3. The summed E-state index contributed by atoms with van der Waals surface area (Å²) in [6.45, 7) is 2.51. The van der Waals surface area contributed by atoms with Gasteiger partial charge in [-0.1, -0.05) is 28.1 Å². The molecule has 0 atom stereocenters. The molecule has 0 radical (unpaired) electrons. The number of nitro benzene ring substituents is 1. The maximum Gasteiger partial charge on any atom is 0.311 e. The summed E-state index contributed by atoms with van der Waals surface area (Å²) in [5, 5.41) is 14.3. The van der Waals surface area contributed by atoms with E-state index in [1.807, 2.05) is 31.2 Å². The highest BCUT2D eigenvalue weighted by Crippen LogP contribution is 2.28. The molecule has 2 rings (SSSR count). The van der Waals surface area contributed by atoms with E-state index in [-0.39, 0.29) is 11.4 Å². The van der Waals surface area contributed by atoms with Crippen molar-refractivity contribution in [2.45, 2.75) is 13.5 Å². The van der Waals surface area contributed by atoms with Gasteiger partial charge >= 0.3 is 5.69 Å². The molecule has 0 heterocycles. The van der Waals surface area contributed by atoms with Crippen LogP contribution in [0.25, 0.3) is 0 Å². The molecule has 0 saturated carbocycles. The Balaban J connectivity index is 2.18. The Kier molecular flexibility index (Phi) is 4.80. The molecule has 2 aromatic rings. The molecule has 0 aliphatic carbocycles. The Morgan fingerprint density at radius 1 is 1.29 bits per heavy atom. The molecule has 0 spiro atoms. The van der Waals surface area contributed by atoms with Gasteiger partial charge in [-0.3, -0.25) is 10.1 Å². The van der Waals surface area contributed by atoms with Crippen LogP contribution in [0.5, 0.6) is 5.75 Å². The lowest BCUT2D eigenvalue weighted by atomic mass is 10.1. The smallest absolute Gasteiger partial charge is 0.311 e. The van der Waals surface area contributed by atoms with Crippen LogP contribution in [0.15, 0.2) is 40.9 Å². The van der Waals surface area contributed by atoms with Gasteiger partial charge in [-0.05, 0) is 36.2 Å². The topological polar surface area (TPSA) is 64.4 Å². The molecule has 5 nitrogen and oxygen atoms in total. The first-order valence-electron chi connectivity index (χ1n) is 6.32. The molecular weight excluding hydrogens is 336 g/mol. The monoisotopic (exact) mass is 350 g/mol. The fourth-order valence-corrected chi connectivity index (χ4v) is 2.33. The second kappa shape index (κ2) is 6.58. The van der Waals surface area contributed by atoms with Gasteiger partial charge in [0.25, 0.3) is 0 Å². The number of anilines is 1. The summed E-state index contributed by atoms with van der Waals surface area (Å²) in [6, 6.07) is 10.9. The minimum absolute atomic E-state index is 0.0252. The van der Waals surface area contributed by atoms with Crippen LogP contribution in [0.2, 0.25) is 0 Å². The summed E-state index contributed by atoms with van der Waals surface area (Å²) in [6.07, 6.45) is 0. The third-order valence-corrected chi connectivity index (χ3v) is 3.62. The summed E-state index contributed by atoms with van der Waals surface area (Å²) in [5.74, 6) is 0.266. The maximum absolute atomic E-state index is 11.0. The van der Waals surface area contributed by atoms with Gasteiger partial charge in [0.1, 0.15) is 0 Å². The number of hydrogen-bond donors (Lipinski definition) is 1. The molecular formula is C15H15BrN2O3. The molecule has 0 amide bonds. The third kappa shape index (κ3) is 3.72. The summed E-state index contributed by atoms with van der Waals surface area (Å²) in [7, 11) is 1.42. The fraction of sp³-hybridized carbons (Fsp3) is 0.200. The molecule has 0 unspecified atom stereocenters. The minimum Gasteiger partial charge on any atom is -0.490 e. The first-order chi connectivity index (χ1) is 10.0. The Morgan fingerprint density at radius 2 is 2.05 bits per heavy atom. The molecule has 0 bridgehead atoms. The number of nitrogens with one attached hydrogen (secondary N) is 1. The van der Waals surface area contributed by atoms with Crippen LogP contribution in [0.1, 0.15) is 11.1 Å². The van der Waals surface area contributed by atoms with Crippen molar-refractivity contribution in [1.82, 2.24) is 0 Å². The average molecular weight is 351 g/mol. The predicted octanol–water partition coefficient (Wildman–Crippen LogP) is 4.29. The molecule has 0 fully saturated rings. The molecule has 0 aliphatic heterocycles. The number of aryl methyl sites for hydroxylation is 1. The zero-order valence-electron chi connectivity index (χ0n) is 11.7. The van der Waals surface area contributed by atoms with Gasteiger partial charge in [0.2, 0.25) is 0 Å². The Morgan fingerprint density at radius 3 is 2.71 bits per heavy atom. The van der Waals surface area contributed by atoms with Crippen molar-refractivity contribution in [1.29, 1.82) is 0 Å². The van der Waals surface area contributed by atoms with Crippen molar-refractivity contribution in [3.8, 4) is 5.75 Å². The number of hydrogen-bond acceptors (Lipinski definition) is 4. The van der Waals surface area contributed by atoms with E-state index < -0.39 is 4.92 Å². The molecule has 0 aliphatic rings.